The predicted molar refractivity (Wildman–Crippen MR) is 106 cm³/mol. The first-order valence-electron chi connectivity index (χ1n) is 8.58. The molecule has 0 saturated heterocycles. The van der Waals surface area contributed by atoms with E-state index in [4.69, 9.17) is 10.5 Å². The lowest BCUT2D eigenvalue weighted by Gasteiger charge is -2.24. The van der Waals surface area contributed by atoms with E-state index in [0.29, 0.717) is 22.5 Å². The van der Waals surface area contributed by atoms with Gasteiger partial charge in [0.25, 0.3) is 5.91 Å². The molecule has 2 aromatic heterocycles. The molecule has 27 heavy (non-hydrogen) atoms. The van der Waals surface area contributed by atoms with Crippen LogP contribution in [0.4, 0.5) is 5.69 Å². The minimum absolute atomic E-state index is 0.439. The molecule has 0 fully saturated rings. The van der Waals surface area contributed by atoms with Crippen LogP contribution in [0.15, 0.2) is 30.7 Å². The second kappa shape index (κ2) is 7.63. The predicted octanol–water partition coefficient (Wildman–Crippen LogP) is 1.73. The maximum atomic E-state index is 12.2. The number of nitrogens with two attached hydrogens (primary N) is 1. The number of amides is 1. The zero-order valence-corrected chi connectivity index (χ0v) is 16.0. The second-order valence-corrected chi connectivity index (χ2v) is 6.62. The van der Waals surface area contributed by atoms with E-state index in [1.165, 1.54) is 0 Å². The minimum atomic E-state index is -0.490. The summed E-state index contributed by atoms with van der Waals surface area (Å²) in [6.07, 6.45) is 3.30. The molecular weight excluding hydrogens is 344 g/mol. The number of rotatable bonds is 7. The summed E-state index contributed by atoms with van der Waals surface area (Å²) in [6, 6.07) is 5.66. The fraction of sp³-hybridized carbons (Fsp3) is 0.316. The van der Waals surface area contributed by atoms with Gasteiger partial charge in [0.15, 0.2) is 0 Å². The third kappa shape index (κ3) is 3.70. The topological polar surface area (TPSA) is 100 Å². The normalized spacial score (nSPS) is 11.1. The average Bonchev–Trinajstić information content (AvgIpc) is 3.14. The van der Waals surface area contributed by atoms with Crippen LogP contribution in [0.5, 0.6) is 5.88 Å². The number of H-pyrrole nitrogens is 1. The van der Waals surface area contributed by atoms with Crippen LogP contribution in [0, 0.1) is 0 Å². The van der Waals surface area contributed by atoms with Crippen LogP contribution in [-0.2, 0) is 0 Å². The van der Waals surface area contributed by atoms with Crippen LogP contribution in [0.1, 0.15) is 10.4 Å². The number of carbonyl (C=O) groups excluding carboxylic acids is 1. The van der Waals surface area contributed by atoms with E-state index in [0.717, 1.165) is 29.9 Å². The summed E-state index contributed by atoms with van der Waals surface area (Å²) >= 11 is 0. The number of hydrogen-bond donors (Lipinski definition) is 2. The van der Waals surface area contributed by atoms with Crippen molar-refractivity contribution in [1.29, 1.82) is 0 Å². The highest BCUT2D eigenvalue weighted by molar-refractivity contribution is 6.12. The third-order valence-electron chi connectivity index (χ3n) is 4.48. The van der Waals surface area contributed by atoms with Crippen LogP contribution >= 0.6 is 0 Å². The number of anilines is 1. The lowest BCUT2D eigenvalue weighted by Crippen LogP contribution is -2.30. The van der Waals surface area contributed by atoms with Gasteiger partial charge in [-0.1, -0.05) is 0 Å². The fourth-order valence-corrected chi connectivity index (χ4v) is 3.00. The van der Waals surface area contributed by atoms with E-state index in [1.54, 1.807) is 25.7 Å². The van der Waals surface area contributed by atoms with Crippen molar-refractivity contribution >= 4 is 22.6 Å². The molecule has 3 N–H and O–H groups in total. The van der Waals surface area contributed by atoms with Crippen molar-refractivity contribution < 1.29 is 9.53 Å². The number of aromatic nitrogens is 3. The summed E-state index contributed by atoms with van der Waals surface area (Å²) in [4.78, 5) is 28.1. The lowest BCUT2D eigenvalue weighted by molar-refractivity contribution is 0.100. The Hall–Kier alpha value is -3.13. The number of hydrogen-bond acceptors (Lipinski definition) is 6. The van der Waals surface area contributed by atoms with Crippen LogP contribution in [0.3, 0.4) is 0 Å². The van der Waals surface area contributed by atoms with E-state index in [1.807, 2.05) is 38.2 Å². The van der Waals surface area contributed by atoms with Crippen molar-refractivity contribution in [2.45, 2.75) is 0 Å². The Balaban J connectivity index is 2.17. The Morgan fingerprint density at radius 2 is 2.00 bits per heavy atom. The average molecular weight is 368 g/mol. The number of benzene rings is 1. The number of pyridine rings is 1. The number of nitrogens with zero attached hydrogens (tertiary/aromatic N) is 4. The van der Waals surface area contributed by atoms with Gasteiger partial charge in [-0.05, 0) is 26.2 Å². The number of fused-ring (bicyclic) bond motifs is 1. The lowest BCUT2D eigenvalue weighted by atomic mass is 10.00. The number of carbonyl (C=O) groups is 1. The molecule has 3 aromatic rings. The number of methoxy groups -OCH3 is 1. The second-order valence-electron chi connectivity index (χ2n) is 6.62. The third-order valence-corrected chi connectivity index (χ3v) is 4.48. The molecule has 1 amide bonds. The largest absolute Gasteiger partial charge is 0.481 e. The summed E-state index contributed by atoms with van der Waals surface area (Å²) in [5.74, 6) is 0.0458. The Kier molecular flexibility index (Phi) is 5.27. The molecule has 0 bridgehead atoms. The summed E-state index contributed by atoms with van der Waals surface area (Å²) < 4.78 is 5.14. The maximum absolute atomic E-state index is 12.2. The minimum Gasteiger partial charge on any atom is -0.481 e. The van der Waals surface area contributed by atoms with E-state index < -0.39 is 5.91 Å². The quantitative estimate of drug-likeness (QED) is 0.659. The zero-order valence-electron chi connectivity index (χ0n) is 16.0. The van der Waals surface area contributed by atoms with Gasteiger partial charge in [0.1, 0.15) is 0 Å². The van der Waals surface area contributed by atoms with Crippen molar-refractivity contribution in [2.75, 3.05) is 46.2 Å². The van der Waals surface area contributed by atoms with Gasteiger partial charge in [-0.15, -0.1) is 0 Å². The highest BCUT2D eigenvalue weighted by Crippen LogP contribution is 2.35. The summed E-state index contributed by atoms with van der Waals surface area (Å²) in [6.45, 7) is 1.59. The molecule has 0 aliphatic heterocycles. The number of likely N-dealkylation sites (N-methyl/N-ethyl adjacent to an activating group) is 2. The van der Waals surface area contributed by atoms with Gasteiger partial charge in [0.05, 0.1) is 35.7 Å². The molecule has 0 radical (unpaired) electrons. The summed E-state index contributed by atoms with van der Waals surface area (Å²) in [5, 5.41) is 0. The van der Waals surface area contributed by atoms with E-state index >= 15 is 0 Å². The SMILES string of the molecule is COc1ccc(-c2cc(N(C)CCN(C)C)c(C(N)=O)c3[nH]cnc23)cn1. The Morgan fingerprint density at radius 3 is 2.59 bits per heavy atom. The van der Waals surface area contributed by atoms with Crippen molar-refractivity contribution in [1.82, 2.24) is 19.9 Å². The maximum Gasteiger partial charge on any atom is 0.253 e. The molecule has 0 aliphatic carbocycles. The molecule has 0 spiro atoms. The molecule has 142 valence electrons. The molecule has 8 nitrogen and oxygen atoms in total. The number of ether oxygens (including phenoxy) is 1. The standard InChI is InChI=1S/C19H24N6O2/c1-24(2)7-8-25(3)14-9-13(12-5-6-15(27-4)21-10-12)17-18(23-11-22-17)16(14)19(20)26/h5-6,9-11H,7-8H2,1-4H3,(H2,20,26)(H,22,23). The van der Waals surface area contributed by atoms with Gasteiger partial charge in [0.2, 0.25) is 5.88 Å². The molecule has 0 unspecified atom stereocenters. The van der Waals surface area contributed by atoms with Gasteiger partial charge < -0.3 is 25.3 Å². The van der Waals surface area contributed by atoms with Crippen molar-refractivity contribution in [3.8, 4) is 17.0 Å². The van der Waals surface area contributed by atoms with Crippen LogP contribution in [0.2, 0.25) is 0 Å². The number of aromatic amines is 1. The Morgan fingerprint density at radius 1 is 1.22 bits per heavy atom. The van der Waals surface area contributed by atoms with Crippen LogP contribution in [0.25, 0.3) is 22.2 Å². The highest BCUT2D eigenvalue weighted by Gasteiger charge is 2.21. The van der Waals surface area contributed by atoms with Crippen LogP contribution in [-0.4, -0.2) is 67.1 Å². The summed E-state index contributed by atoms with van der Waals surface area (Å²) in [5.41, 5.74) is 9.97. The molecular formula is C19H24N6O2. The molecule has 8 heteroatoms. The first kappa shape index (κ1) is 18.7. The Bertz CT molecular complexity index is 949. The summed E-state index contributed by atoms with van der Waals surface area (Å²) in [7, 11) is 7.54. The number of nitrogens with one attached hydrogen (secondary N) is 1. The van der Waals surface area contributed by atoms with E-state index in [2.05, 4.69) is 19.9 Å². The van der Waals surface area contributed by atoms with Gasteiger partial charge in [0, 0.05) is 43.5 Å². The van der Waals surface area contributed by atoms with E-state index in [9.17, 15) is 4.79 Å². The van der Waals surface area contributed by atoms with Gasteiger partial charge >= 0.3 is 0 Å². The smallest absolute Gasteiger partial charge is 0.253 e. The molecule has 3 rings (SSSR count). The Labute approximate surface area is 158 Å². The first-order valence-corrected chi connectivity index (χ1v) is 8.58. The first-order chi connectivity index (χ1) is 12.9. The highest BCUT2D eigenvalue weighted by atomic mass is 16.5. The van der Waals surface area contributed by atoms with Gasteiger partial charge in [-0.2, -0.15) is 0 Å². The van der Waals surface area contributed by atoms with Crippen molar-refractivity contribution in [2.24, 2.45) is 5.73 Å². The molecule has 1 aromatic carbocycles. The molecule has 0 atom stereocenters. The monoisotopic (exact) mass is 368 g/mol. The molecule has 2 heterocycles. The van der Waals surface area contributed by atoms with Gasteiger partial charge in [-0.25, -0.2) is 9.97 Å². The molecule has 0 saturated carbocycles. The van der Waals surface area contributed by atoms with Crippen molar-refractivity contribution in [3.05, 3.63) is 36.3 Å². The number of imidazole rings is 1. The number of primary amides is 1. The zero-order chi connectivity index (χ0) is 19.6. The van der Waals surface area contributed by atoms with Crippen LogP contribution < -0.4 is 15.4 Å². The van der Waals surface area contributed by atoms with E-state index in [-0.39, 0.29) is 0 Å². The van der Waals surface area contributed by atoms with Gasteiger partial charge in [-0.3, -0.25) is 4.79 Å². The fourth-order valence-electron chi connectivity index (χ4n) is 3.00. The molecule has 0 aliphatic rings. The van der Waals surface area contributed by atoms with Crippen molar-refractivity contribution in [3.63, 3.8) is 0 Å².